The molecule has 0 aromatic rings. The van der Waals surface area contributed by atoms with Crippen LogP contribution in [0.1, 0.15) is 6.92 Å². The molecule has 0 bridgehead atoms. The third-order valence-electron chi connectivity index (χ3n) is 0.786. The van der Waals surface area contributed by atoms with Crippen LogP contribution in [0.4, 0.5) is 0 Å². The van der Waals surface area contributed by atoms with Gasteiger partial charge in [-0.2, -0.15) is 4.21 Å². The van der Waals surface area contributed by atoms with E-state index in [0.717, 1.165) is 5.57 Å². The van der Waals surface area contributed by atoms with Gasteiger partial charge in [-0.15, -0.1) is 9.53 Å². The van der Waals surface area contributed by atoms with Crippen LogP contribution in [0.3, 0.4) is 0 Å². The fourth-order valence-corrected chi connectivity index (χ4v) is 0.988. The average Bonchev–Trinajstić information content (AvgIpc) is 1.57. The monoisotopic (exact) mass is 165 g/mol. The van der Waals surface area contributed by atoms with Gasteiger partial charge in [0.25, 0.3) is 0 Å². The second kappa shape index (κ2) is 2.45. The van der Waals surface area contributed by atoms with E-state index in [9.17, 15) is 4.21 Å². The van der Waals surface area contributed by atoms with Gasteiger partial charge in [0.2, 0.25) is 0 Å². The average molecular weight is 165 g/mol. The van der Waals surface area contributed by atoms with E-state index in [-0.39, 0.29) is 0 Å². The highest BCUT2D eigenvalue weighted by molar-refractivity contribution is 8.12. The highest BCUT2D eigenvalue weighted by Gasteiger charge is 2.10. The Morgan fingerprint density at radius 2 is 2.10 bits per heavy atom. The molecule has 0 rings (SSSR count). The maximum Gasteiger partial charge on any atom is 0.0363 e. The van der Waals surface area contributed by atoms with Crippen molar-refractivity contribution in [2.24, 2.45) is 0 Å². The summed E-state index contributed by atoms with van der Waals surface area (Å²) in [7, 11) is -3.51. The van der Waals surface area contributed by atoms with Gasteiger partial charge < -0.3 is 0 Å². The Hall–Kier alpha value is -0.190. The lowest BCUT2D eigenvalue weighted by atomic mass is 10.4. The van der Waals surface area contributed by atoms with E-state index in [0.29, 0.717) is 6.54 Å². The molecule has 0 amide bonds. The second-order valence-electron chi connectivity index (χ2n) is 3.04. The van der Waals surface area contributed by atoms with Crippen molar-refractivity contribution in [3.63, 3.8) is 0 Å². The Kier molecular flexibility index (Phi) is 2.40. The lowest BCUT2D eigenvalue weighted by Crippen LogP contribution is -2.45. The first-order valence-corrected chi connectivity index (χ1v) is 5.67. The minimum atomic E-state index is -3.51. The van der Waals surface area contributed by atoms with E-state index in [4.69, 9.17) is 4.55 Å². The van der Waals surface area contributed by atoms with Crippen molar-refractivity contribution in [3.8, 4) is 0 Å². The fraction of sp³-hybridized carbons (Fsp3) is 0.667. The van der Waals surface area contributed by atoms with E-state index in [1.54, 1.807) is 6.92 Å². The van der Waals surface area contributed by atoms with Crippen LogP contribution in [0, 0.1) is 0 Å². The molecule has 0 fully saturated rings. The molecule has 0 aliphatic carbocycles. The molecule has 0 aliphatic heterocycles. The predicted octanol–water partition coefficient (Wildman–Crippen LogP) is 0.620. The Labute approximate surface area is 61.9 Å². The Bertz CT molecular complexity index is 193. The maximum absolute atomic E-state index is 11.1. The van der Waals surface area contributed by atoms with Gasteiger partial charge in [0.15, 0.2) is 0 Å². The molecular weight excluding hydrogens is 150 g/mol. The lowest BCUT2D eigenvalue weighted by Gasteiger charge is -2.34. The van der Waals surface area contributed by atoms with Crippen LogP contribution < -0.4 is 4.72 Å². The van der Waals surface area contributed by atoms with Crippen molar-refractivity contribution in [2.75, 3.05) is 19.1 Å². The van der Waals surface area contributed by atoms with Crippen LogP contribution in [-0.2, 0) is 9.53 Å². The topological polar surface area (TPSA) is 49.3 Å². The van der Waals surface area contributed by atoms with Crippen LogP contribution >= 0.6 is 0 Å². The highest BCUT2D eigenvalue weighted by atomic mass is 32.3. The molecule has 0 heterocycles. The van der Waals surface area contributed by atoms with Gasteiger partial charge in [-0.3, -0.25) is 4.55 Å². The van der Waals surface area contributed by atoms with Gasteiger partial charge in [-0.05, 0) is 6.92 Å². The molecule has 0 radical (unpaired) electrons. The molecule has 0 aliphatic rings. The molecule has 0 atom stereocenters. The predicted molar refractivity (Wildman–Crippen MR) is 45.4 cm³/mol. The smallest absolute Gasteiger partial charge is 0.0363 e. The van der Waals surface area contributed by atoms with Gasteiger partial charge in [0, 0.05) is 19.1 Å². The van der Waals surface area contributed by atoms with Gasteiger partial charge in [0.05, 0.1) is 0 Å². The summed E-state index contributed by atoms with van der Waals surface area (Å²) in [5, 5.41) is 0. The molecular formula is C6H15NO2S. The van der Waals surface area contributed by atoms with Gasteiger partial charge in [0.1, 0.15) is 0 Å². The molecule has 0 spiro atoms. The van der Waals surface area contributed by atoms with E-state index in [1.165, 1.54) is 12.5 Å². The first-order chi connectivity index (χ1) is 4.17. The first-order valence-electron chi connectivity index (χ1n) is 2.93. The largest absolute Gasteiger partial charge is 0.291 e. The molecule has 0 saturated carbocycles. The Balaban J connectivity index is 3.94. The van der Waals surface area contributed by atoms with Crippen molar-refractivity contribution in [2.45, 2.75) is 6.92 Å². The van der Waals surface area contributed by atoms with Crippen molar-refractivity contribution in [1.82, 2.24) is 4.72 Å². The molecule has 3 nitrogen and oxygen atoms in total. The third kappa shape index (κ3) is 7.81. The third-order valence-corrected chi connectivity index (χ3v) is 1.75. The fourth-order valence-electron chi connectivity index (χ4n) is 0.329. The van der Waals surface area contributed by atoms with Gasteiger partial charge in [-0.1, -0.05) is 12.2 Å². The summed E-state index contributed by atoms with van der Waals surface area (Å²) in [5.41, 5.74) is 0.844. The summed E-state index contributed by atoms with van der Waals surface area (Å²) in [5.74, 6) is 0. The molecule has 10 heavy (non-hydrogen) atoms. The Morgan fingerprint density at radius 3 is 2.20 bits per heavy atom. The van der Waals surface area contributed by atoms with Gasteiger partial charge >= 0.3 is 0 Å². The van der Waals surface area contributed by atoms with Gasteiger partial charge in [-0.25, -0.2) is 4.72 Å². The van der Waals surface area contributed by atoms with E-state index in [1.807, 2.05) is 0 Å². The second-order valence-corrected chi connectivity index (χ2v) is 6.86. The van der Waals surface area contributed by atoms with Crippen molar-refractivity contribution < 1.29 is 8.76 Å². The maximum atomic E-state index is 11.1. The zero-order chi connectivity index (χ0) is 8.44. The Morgan fingerprint density at radius 1 is 1.70 bits per heavy atom. The molecule has 4 heteroatoms. The lowest BCUT2D eigenvalue weighted by molar-refractivity contribution is 0.512. The molecule has 0 aromatic carbocycles. The van der Waals surface area contributed by atoms with E-state index in [2.05, 4.69) is 11.3 Å². The summed E-state index contributed by atoms with van der Waals surface area (Å²) in [6, 6.07) is 0. The van der Waals surface area contributed by atoms with Crippen molar-refractivity contribution >= 4 is 9.53 Å². The van der Waals surface area contributed by atoms with Crippen LogP contribution in [-0.4, -0.2) is 27.8 Å². The van der Waals surface area contributed by atoms with Crippen LogP contribution in [0.2, 0.25) is 0 Å². The minimum absolute atomic E-state index is 0.384. The summed E-state index contributed by atoms with van der Waals surface area (Å²) in [4.78, 5) is 0. The van der Waals surface area contributed by atoms with E-state index >= 15 is 0 Å². The number of hydrogen-bond acceptors (Lipinski definition) is 1. The zero-order valence-corrected chi connectivity index (χ0v) is 7.49. The minimum Gasteiger partial charge on any atom is -0.291 e. The number of rotatable bonds is 3. The molecule has 2 N–H and O–H groups in total. The summed E-state index contributed by atoms with van der Waals surface area (Å²) >= 11 is 0. The molecule has 0 aromatic heterocycles. The number of hydrogen-bond donors (Lipinski definition) is 2. The van der Waals surface area contributed by atoms with Crippen LogP contribution in [0.5, 0.6) is 0 Å². The summed E-state index contributed by atoms with van der Waals surface area (Å²) in [6.07, 6.45) is 2.56. The highest BCUT2D eigenvalue weighted by Crippen LogP contribution is 2.04. The zero-order valence-electron chi connectivity index (χ0n) is 6.68. The summed E-state index contributed by atoms with van der Waals surface area (Å²) < 4.78 is 22.7. The summed E-state index contributed by atoms with van der Waals surface area (Å²) in [6.45, 7) is 5.78. The first kappa shape index (κ1) is 9.81. The molecule has 0 unspecified atom stereocenters. The van der Waals surface area contributed by atoms with Crippen molar-refractivity contribution in [3.05, 3.63) is 12.2 Å². The van der Waals surface area contributed by atoms with Crippen molar-refractivity contribution in [1.29, 1.82) is 0 Å². The molecule has 62 valence electrons. The quantitative estimate of drug-likeness (QED) is 0.602. The number of nitrogens with one attached hydrogen (secondary N) is 1. The normalized spacial score (nSPS) is 15.8. The SMILES string of the molecule is C=C(C)CNS(C)(C)(=O)O. The van der Waals surface area contributed by atoms with Crippen LogP contribution in [0.25, 0.3) is 0 Å². The standard InChI is InChI=1S/C6H15NO2S/c1-6(2)5-7-10(3,4,8)9/h1,5H2,2-4H3,(H2,7,8,9). The van der Waals surface area contributed by atoms with E-state index < -0.39 is 9.53 Å². The van der Waals surface area contributed by atoms with Crippen LogP contribution in [0.15, 0.2) is 12.2 Å². The molecule has 0 saturated heterocycles.